The van der Waals surface area contributed by atoms with Crippen molar-refractivity contribution in [3.63, 3.8) is 0 Å². The molecule has 74 valence electrons. The Morgan fingerprint density at radius 2 is 2.38 bits per heavy atom. The predicted octanol–water partition coefficient (Wildman–Crippen LogP) is 0.312. The molecule has 2 aliphatic heterocycles. The number of rotatable bonds is 2. The summed E-state index contributed by atoms with van der Waals surface area (Å²) in [5.74, 6) is 2.68. The third-order valence-corrected chi connectivity index (χ3v) is 4.08. The molecule has 2 rings (SSSR count). The van der Waals surface area contributed by atoms with Crippen LogP contribution in [0.1, 0.15) is 12.8 Å². The van der Waals surface area contributed by atoms with Gasteiger partial charge in [0.25, 0.3) is 0 Å². The van der Waals surface area contributed by atoms with E-state index in [1.165, 1.54) is 12.2 Å². The van der Waals surface area contributed by atoms with Crippen LogP contribution in [-0.4, -0.2) is 48.0 Å². The first-order chi connectivity index (χ1) is 6.33. The Morgan fingerprint density at radius 3 is 2.92 bits per heavy atom. The van der Waals surface area contributed by atoms with Crippen LogP contribution < -0.4 is 5.32 Å². The van der Waals surface area contributed by atoms with E-state index in [0.717, 1.165) is 18.7 Å². The van der Waals surface area contributed by atoms with E-state index in [4.69, 9.17) is 0 Å². The molecular weight excluding hydrogens is 184 g/mol. The van der Waals surface area contributed by atoms with Crippen LogP contribution in [0.3, 0.4) is 0 Å². The van der Waals surface area contributed by atoms with E-state index in [-0.39, 0.29) is 6.04 Å². The van der Waals surface area contributed by atoms with Crippen molar-refractivity contribution in [1.29, 1.82) is 0 Å². The van der Waals surface area contributed by atoms with Crippen LogP contribution in [0.25, 0.3) is 0 Å². The zero-order valence-corrected chi connectivity index (χ0v) is 8.77. The summed E-state index contributed by atoms with van der Waals surface area (Å²) < 4.78 is 0. The molecule has 0 radical (unpaired) electrons. The van der Waals surface area contributed by atoms with E-state index in [1.807, 2.05) is 18.8 Å². The van der Waals surface area contributed by atoms with Crippen molar-refractivity contribution in [3.05, 3.63) is 0 Å². The van der Waals surface area contributed by atoms with Crippen LogP contribution in [-0.2, 0) is 4.79 Å². The zero-order valence-electron chi connectivity index (χ0n) is 7.95. The molecule has 13 heavy (non-hydrogen) atoms. The van der Waals surface area contributed by atoms with E-state index >= 15 is 0 Å². The van der Waals surface area contributed by atoms with Crippen LogP contribution in [0.2, 0.25) is 0 Å². The van der Waals surface area contributed by atoms with Gasteiger partial charge in [0.2, 0.25) is 5.91 Å². The largest absolute Gasteiger partial charge is 0.337 e. The van der Waals surface area contributed by atoms with Crippen LogP contribution in [0.5, 0.6) is 0 Å². The molecular formula is C9H16N2OS. The second kappa shape index (κ2) is 3.88. The first kappa shape index (κ1) is 9.34. The molecule has 2 aliphatic rings. The van der Waals surface area contributed by atoms with Gasteiger partial charge in [-0.05, 0) is 25.6 Å². The molecule has 0 aromatic rings. The quantitative estimate of drug-likeness (QED) is 0.696. The minimum Gasteiger partial charge on any atom is -0.337 e. The highest BCUT2D eigenvalue weighted by Crippen LogP contribution is 2.25. The van der Waals surface area contributed by atoms with Gasteiger partial charge in [-0.25, -0.2) is 0 Å². The zero-order chi connectivity index (χ0) is 9.26. The maximum absolute atomic E-state index is 11.8. The second-order valence-corrected chi connectivity index (χ2v) is 4.83. The highest BCUT2D eigenvalue weighted by molar-refractivity contribution is 7.99. The summed E-state index contributed by atoms with van der Waals surface area (Å²) >= 11 is 1.97. The Morgan fingerprint density at radius 1 is 1.54 bits per heavy atom. The van der Waals surface area contributed by atoms with Gasteiger partial charge in [-0.15, -0.1) is 0 Å². The van der Waals surface area contributed by atoms with Crippen molar-refractivity contribution in [1.82, 2.24) is 10.2 Å². The molecule has 2 heterocycles. The van der Waals surface area contributed by atoms with Crippen molar-refractivity contribution < 1.29 is 4.79 Å². The lowest BCUT2D eigenvalue weighted by Crippen LogP contribution is -2.41. The smallest absolute Gasteiger partial charge is 0.240 e. The topological polar surface area (TPSA) is 32.3 Å². The lowest BCUT2D eigenvalue weighted by atomic mass is 10.2. The average Bonchev–Trinajstić information content (AvgIpc) is 2.72. The number of nitrogens with zero attached hydrogens (tertiary/aromatic N) is 1. The summed E-state index contributed by atoms with van der Waals surface area (Å²) in [6.07, 6.45) is 2.17. The number of likely N-dealkylation sites (tertiary alicyclic amines) is 1. The van der Waals surface area contributed by atoms with Gasteiger partial charge in [0.15, 0.2) is 0 Å². The molecule has 0 aromatic heterocycles. The van der Waals surface area contributed by atoms with E-state index in [0.29, 0.717) is 11.9 Å². The van der Waals surface area contributed by atoms with E-state index in [9.17, 15) is 4.79 Å². The van der Waals surface area contributed by atoms with Crippen LogP contribution >= 0.6 is 11.8 Å². The van der Waals surface area contributed by atoms with Crippen molar-refractivity contribution >= 4 is 17.7 Å². The Bertz CT molecular complexity index is 204. The Hall–Kier alpha value is -0.220. The molecule has 4 heteroatoms. The summed E-state index contributed by atoms with van der Waals surface area (Å²) in [5, 5.41) is 3.07. The summed E-state index contributed by atoms with van der Waals surface area (Å²) in [7, 11) is 1.87. The normalized spacial score (nSPS) is 34.5. The first-order valence-electron chi connectivity index (χ1n) is 4.88. The fourth-order valence-electron chi connectivity index (χ4n) is 2.10. The predicted molar refractivity (Wildman–Crippen MR) is 54.9 cm³/mol. The molecule has 3 nitrogen and oxygen atoms in total. The third-order valence-electron chi connectivity index (χ3n) is 2.93. The summed E-state index contributed by atoms with van der Waals surface area (Å²) in [6, 6.07) is 0.612. The SMILES string of the molecule is CNC1CCN(C2CCSC2)C1=O. The lowest BCUT2D eigenvalue weighted by Gasteiger charge is -2.23. The molecule has 2 fully saturated rings. The van der Waals surface area contributed by atoms with E-state index in [2.05, 4.69) is 10.2 Å². The Kier molecular flexibility index (Phi) is 2.79. The number of hydrogen-bond donors (Lipinski definition) is 1. The molecule has 2 saturated heterocycles. The molecule has 0 aromatic carbocycles. The monoisotopic (exact) mass is 200 g/mol. The Labute approximate surface area is 83.2 Å². The average molecular weight is 200 g/mol. The summed E-state index contributed by atoms with van der Waals surface area (Å²) in [4.78, 5) is 13.8. The highest BCUT2D eigenvalue weighted by atomic mass is 32.2. The maximum Gasteiger partial charge on any atom is 0.240 e. The molecule has 0 bridgehead atoms. The van der Waals surface area contributed by atoms with Gasteiger partial charge < -0.3 is 10.2 Å². The Balaban J connectivity index is 1.97. The molecule has 2 unspecified atom stereocenters. The molecule has 0 aliphatic carbocycles. The fourth-order valence-corrected chi connectivity index (χ4v) is 3.32. The number of likely N-dealkylation sites (N-methyl/N-ethyl adjacent to an activating group) is 1. The van der Waals surface area contributed by atoms with Crippen LogP contribution in [0, 0.1) is 0 Å². The second-order valence-electron chi connectivity index (χ2n) is 3.68. The number of carbonyl (C=O) groups excluding carboxylic acids is 1. The molecule has 1 amide bonds. The minimum atomic E-state index is 0.0885. The third kappa shape index (κ3) is 1.70. The van der Waals surface area contributed by atoms with E-state index in [1.54, 1.807) is 0 Å². The van der Waals surface area contributed by atoms with Crippen LogP contribution in [0.15, 0.2) is 0 Å². The number of carbonyl (C=O) groups is 1. The highest BCUT2D eigenvalue weighted by Gasteiger charge is 2.35. The summed E-state index contributed by atoms with van der Waals surface area (Å²) in [5.41, 5.74) is 0. The fraction of sp³-hybridized carbons (Fsp3) is 0.889. The number of amides is 1. The standard InChI is InChI=1S/C9H16N2OS/c1-10-8-2-4-11(9(8)12)7-3-5-13-6-7/h7-8,10H,2-6H2,1H3. The van der Waals surface area contributed by atoms with E-state index < -0.39 is 0 Å². The van der Waals surface area contributed by atoms with Crippen molar-refractivity contribution in [2.24, 2.45) is 0 Å². The van der Waals surface area contributed by atoms with Crippen molar-refractivity contribution in [2.75, 3.05) is 25.1 Å². The van der Waals surface area contributed by atoms with Crippen molar-refractivity contribution in [3.8, 4) is 0 Å². The molecule has 0 saturated carbocycles. The molecule has 2 atom stereocenters. The van der Waals surface area contributed by atoms with Gasteiger partial charge in [0.1, 0.15) is 0 Å². The first-order valence-corrected chi connectivity index (χ1v) is 6.04. The lowest BCUT2D eigenvalue weighted by molar-refractivity contribution is -0.130. The van der Waals surface area contributed by atoms with Gasteiger partial charge in [-0.1, -0.05) is 0 Å². The van der Waals surface area contributed by atoms with Gasteiger partial charge in [0.05, 0.1) is 6.04 Å². The van der Waals surface area contributed by atoms with Gasteiger partial charge in [0, 0.05) is 18.3 Å². The maximum atomic E-state index is 11.8. The molecule has 1 N–H and O–H groups in total. The number of thioether (sulfide) groups is 1. The van der Waals surface area contributed by atoms with Gasteiger partial charge in [-0.3, -0.25) is 4.79 Å². The van der Waals surface area contributed by atoms with Crippen LogP contribution in [0.4, 0.5) is 0 Å². The van der Waals surface area contributed by atoms with Gasteiger partial charge in [-0.2, -0.15) is 11.8 Å². The molecule has 0 spiro atoms. The number of hydrogen-bond acceptors (Lipinski definition) is 3. The minimum absolute atomic E-state index is 0.0885. The number of nitrogens with one attached hydrogen (secondary N) is 1. The van der Waals surface area contributed by atoms with Crippen molar-refractivity contribution in [2.45, 2.75) is 24.9 Å². The van der Waals surface area contributed by atoms with Gasteiger partial charge >= 0.3 is 0 Å². The summed E-state index contributed by atoms with van der Waals surface area (Å²) in [6.45, 7) is 0.954.